The number of phenolic OH excluding ortho intramolecular Hbond substituents is 1. The van der Waals surface area contributed by atoms with Crippen LogP contribution in [0.4, 0.5) is 4.39 Å². The second kappa shape index (κ2) is 5.57. The third-order valence-electron chi connectivity index (χ3n) is 3.23. The standard InChI is InChI=1S/C13H15ClFNO2/c14-9-2-1-8(5-9)7-16-13(18)11-4-3-10(17)6-12(11)15/h3-4,6,8-9,17H,1-2,5,7H2,(H,16,18). The Hall–Kier alpha value is -1.29. The minimum absolute atomic E-state index is 0.0479. The SMILES string of the molecule is O=C(NCC1CCC(Cl)C1)c1ccc(O)cc1F. The highest BCUT2D eigenvalue weighted by Crippen LogP contribution is 2.28. The minimum Gasteiger partial charge on any atom is -0.508 e. The Labute approximate surface area is 110 Å². The summed E-state index contributed by atoms with van der Waals surface area (Å²) in [6.45, 7) is 0.516. The summed E-state index contributed by atoms with van der Waals surface area (Å²) in [5.74, 6) is -0.985. The van der Waals surface area contributed by atoms with Crippen molar-refractivity contribution in [3.05, 3.63) is 29.6 Å². The predicted octanol–water partition coefficient (Wildman–Crippen LogP) is 2.67. The molecule has 0 radical (unpaired) electrons. The molecule has 3 nitrogen and oxygen atoms in total. The maximum atomic E-state index is 13.4. The van der Waals surface area contributed by atoms with E-state index in [4.69, 9.17) is 16.7 Å². The summed E-state index contributed by atoms with van der Waals surface area (Å²) >= 11 is 5.98. The third-order valence-corrected chi connectivity index (χ3v) is 3.62. The lowest BCUT2D eigenvalue weighted by atomic mass is 10.1. The van der Waals surface area contributed by atoms with Crippen LogP contribution in [0.3, 0.4) is 0 Å². The van der Waals surface area contributed by atoms with Gasteiger partial charge in [-0.3, -0.25) is 4.79 Å². The number of halogens is 2. The molecule has 0 saturated heterocycles. The van der Waals surface area contributed by atoms with Gasteiger partial charge in [-0.2, -0.15) is 0 Å². The van der Waals surface area contributed by atoms with Crippen molar-refractivity contribution in [3.8, 4) is 5.75 Å². The highest BCUT2D eigenvalue weighted by atomic mass is 35.5. The van der Waals surface area contributed by atoms with Crippen LogP contribution in [0, 0.1) is 11.7 Å². The quantitative estimate of drug-likeness (QED) is 0.831. The molecule has 2 rings (SSSR count). The molecule has 98 valence electrons. The molecule has 5 heteroatoms. The molecule has 1 aliphatic rings. The van der Waals surface area contributed by atoms with Gasteiger partial charge < -0.3 is 10.4 Å². The number of carbonyl (C=O) groups is 1. The van der Waals surface area contributed by atoms with Gasteiger partial charge in [0.25, 0.3) is 5.91 Å². The number of nitrogens with one attached hydrogen (secondary N) is 1. The molecule has 2 N–H and O–H groups in total. The summed E-state index contributed by atoms with van der Waals surface area (Å²) in [5.41, 5.74) is -0.0479. The van der Waals surface area contributed by atoms with E-state index in [0.717, 1.165) is 25.3 Å². The van der Waals surface area contributed by atoms with Crippen LogP contribution in [-0.2, 0) is 0 Å². The zero-order valence-electron chi connectivity index (χ0n) is 9.83. The van der Waals surface area contributed by atoms with Crippen LogP contribution >= 0.6 is 11.6 Å². The van der Waals surface area contributed by atoms with Crippen LogP contribution in [0.25, 0.3) is 0 Å². The number of hydrogen-bond donors (Lipinski definition) is 2. The highest BCUT2D eigenvalue weighted by molar-refractivity contribution is 6.20. The maximum absolute atomic E-state index is 13.4. The van der Waals surface area contributed by atoms with E-state index in [2.05, 4.69) is 5.32 Å². The average molecular weight is 272 g/mol. The van der Waals surface area contributed by atoms with Crippen molar-refractivity contribution in [1.82, 2.24) is 5.32 Å². The third kappa shape index (κ3) is 3.13. The Morgan fingerprint density at radius 3 is 2.89 bits per heavy atom. The van der Waals surface area contributed by atoms with Crippen molar-refractivity contribution in [1.29, 1.82) is 0 Å². The van der Waals surface area contributed by atoms with Gasteiger partial charge in [0.15, 0.2) is 0 Å². The number of phenols is 1. The molecular formula is C13H15ClFNO2. The summed E-state index contributed by atoms with van der Waals surface area (Å²) in [7, 11) is 0. The normalized spacial score (nSPS) is 23.0. The molecule has 0 bridgehead atoms. The van der Waals surface area contributed by atoms with E-state index >= 15 is 0 Å². The van der Waals surface area contributed by atoms with Gasteiger partial charge in [-0.25, -0.2) is 4.39 Å². The van der Waals surface area contributed by atoms with Crippen molar-refractivity contribution >= 4 is 17.5 Å². The molecule has 2 unspecified atom stereocenters. The first-order chi connectivity index (χ1) is 8.56. The number of rotatable bonds is 3. The molecule has 1 amide bonds. The molecule has 1 saturated carbocycles. The second-order valence-corrected chi connectivity index (χ2v) is 5.27. The van der Waals surface area contributed by atoms with Crippen LogP contribution in [0.5, 0.6) is 5.75 Å². The van der Waals surface area contributed by atoms with E-state index in [-0.39, 0.29) is 16.7 Å². The molecule has 2 atom stereocenters. The Bertz CT molecular complexity index is 453. The number of alkyl halides is 1. The van der Waals surface area contributed by atoms with Crippen molar-refractivity contribution in [2.75, 3.05) is 6.54 Å². The monoisotopic (exact) mass is 271 g/mol. The predicted molar refractivity (Wildman–Crippen MR) is 67.4 cm³/mol. The highest BCUT2D eigenvalue weighted by Gasteiger charge is 2.23. The zero-order valence-corrected chi connectivity index (χ0v) is 10.6. The summed E-state index contributed by atoms with van der Waals surface area (Å²) < 4.78 is 13.4. The summed E-state index contributed by atoms with van der Waals surface area (Å²) in [6, 6.07) is 3.50. The summed E-state index contributed by atoms with van der Waals surface area (Å²) in [6.07, 6.45) is 2.85. The fraction of sp³-hybridized carbons (Fsp3) is 0.462. The first-order valence-electron chi connectivity index (χ1n) is 5.97. The van der Waals surface area contributed by atoms with Crippen LogP contribution in [-0.4, -0.2) is 22.9 Å². The average Bonchev–Trinajstić information content (AvgIpc) is 2.72. The summed E-state index contributed by atoms with van der Waals surface area (Å²) in [4.78, 5) is 11.7. The Balaban J connectivity index is 1.91. The molecule has 0 spiro atoms. The second-order valence-electron chi connectivity index (χ2n) is 4.65. The van der Waals surface area contributed by atoms with E-state index in [1.807, 2.05) is 0 Å². The Morgan fingerprint density at radius 2 is 2.28 bits per heavy atom. The Morgan fingerprint density at radius 1 is 1.50 bits per heavy atom. The fourth-order valence-electron chi connectivity index (χ4n) is 2.22. The maximum Gasteiger partial charge on any atom is 0.254 e. The van der Waals surface area contributed by atoms with E-state index in [1.165, 1.54) is 12.1 Å². The number of benzene rings is 1. The van der Waals surface area contributed by atoms with Crippen molar-refractivity contribution < 1.29 is 14.3 Å². The molecule has 0 heterocycles. The minimum atomic E-state index is -0.714. The van der Waals surface area contributed by atoms with E-state index in [1.54, 1.807) is 0 Å². The number of carbonyl (C=O) groups excluding carboxylic acids is 1. The topological polar surface area (TPSA) is 49.3 Å². The fourth-order valence-corrected chi connectivity index (χ4v) is 2.60. The molecule has 1 aromatic carbocycles. The zero-order chi connectivity index (χ0) is 13.1. The first-order valence-corrected chi connectivity index (χ1v) is 6.40. The van der Waals surface area contributed by atoms with Gasteiger partial charge in [0.05, 0.1) is 5.56 Å². The van der Waals surface area contributed by atoms with Gasteiger partial charge >= 0.3 is 0 Å². The van der Waals surface area contributed by atoms with Crippen LogP contribution in [0.15, 0.2) is 18.2 Å². The van der Waals surface area contributed by atoms with E-state index in [9.17, 15) is 9.18 Å². The van der Waals surface area contributed by atoms with Crippen LogP contribution in [0.2, 0.25) is 0 Å². The van der Waals surface area contributed by atoms with Crippen LogP contribution in [0.1, 0.15) is 29.6 Å². The van der Waals surface area contributed by atoms with E-state index in [0.29, 0.717) is 12.5 Å². The van der Waals surface area contributed by atoms with Crippen molar-refractivity contribution in [2.45, 2.75) is 24.6 Å². The van der Waals surface area contributed by atoms with Gasteiger partial charge in [0.1, 0.15) is 11.6 Å². The molecule has 0 aliphatic heterocycles. The largest absolute Gasteiger partial charge is 0.508 e. The van der Waals surface area contributed by atoms with Crippen LogP contribution < -0.4 is 5.32 Å². The molecule has 18 heavy (non-hydrogen) atoms. The molecular weight excluding hydrogens is 257 g/mol. The van der Waals surface area contributed by atoms with Gasteiger partial charge in [0.2, 0.25) is 0 Å². The molecule has 1 aliphatic carbocycles. The Kier molecular flexibility index (Phi) is 4.07. The lowest BCUT2D eigenvalue weighted by molar-refractivity contribution is 0.0943. The molecule has 0 aromatic heterocycles. The van der Waals surface area contributed by atoms with Crippen molar-refractivity contribution in [2.24, 2.45) is 5.92 Å². The lowest BCUT2D eigenvalue weighted by Crippen LogP contribution is -2.29. The van der Waals surface area contributed by atoms with Gasteiger partial charge in [-0.15, -0.1) is 11.6 Å². The number of aromatic hydroxyl groups is 1. The first kappa shape index (κ1) is 13.1. The number of hydrogen-bond acceptors (Lipinski definition) is 2. The van der Waals surface area contributed by atoms with Gasteiger partial charge in [0, 0.05) is 18.0 Å². The van der Waals surface area contributed by atoms with Crippen molar-refractivity contribution in [3.63, 3.8) is 0 Å². The van der Waals surface area contributed by atoms with E-state index < -0.39 is 11.7 Å². The van der Waals surface area contributed by atoms with Gasteiger partial charge in [-0.05, 0) is 37.3 Å². The lowest BCUT2D eigenvalue weighted by Gasteiger charge is -2.11. The number of amides is 1. The molecule has 1 aromatic rings. The molecule has 1 fully saturated rings. The van der Waals surface area contributed by atoms with Gasteiger partial charge in [-0.1, -0.05) is 0 Å². The smallest absolute Gasteiger partial charge is 0.254 e. The summed E-state index contributed by atoms with van der Waals surface area (Å²) in [5, 5.41) is 12.0.